The highest BCUT2D eigenvalue weighted by atomic mass is 14.7. The van der Waals surface area contributed by atoms with Crippen LogP contribution in [0.3, 0.4) is 0 Å². The molecule has 3 aliphatic rings. The van der Waals surface area contributed by atoms with Gasteiger partial charge in [-0.15, -0.1) is 0 Å². The SMILES string of the molecule is C=C/C=C1/CCC2C(CCC3(C)C(/C(C)=N/CC)CCC23)C1(C)CCC. The Morgan fingerprint density at radius 3 is 2.58 bits per heavy atom. The van der Waals surface area contributed by atoms with Gasteiger partial charge in [-0.25, -0.2) is 0 Å². The molecule has 3 saturated carbocycles. The van der Waals surface area contributed by atoms with Crippen molar-refractivity contribution in [2.24, 2.45) is 39.5 Å². The van der Waals surface area contributed by atoms with Gasteiger partial charge in [0.1, 0.15) is 0 Å². The molecular formula is C25H41N. The van der Waals surface area contributed by atoms with Gasteiger partial charge in [-0.05, 0) is 87.4 Å². The summed E-state index contributed by atoms with van der Waals surface area (Å²) in [5.74, 6) is 3.44. The fourth-order valence-corrected chi connectivity index (χ4v) is 7.65. The lowest BCUT2D eigenvalue weighted by molar-refractivity contribution is -0.0408. The van der Waals surface area contributed by atoms with E-state index in [1.165, 1.54) is 57.1 Å². The summed E-state index contributed by atoms with van der Waals surface area (Å²) in [6, 6.07) is 0. The van der Waals surface area contributed by atoms with Gasteiger partial charge in [0.25, 0.3) is 0 Å². The maximum Gasteiger partial charge on any atom is 0.0360 e. The minimum absolute atomic E-state index is 0.401. The molecule has 0 spiro atoms. The Morgan fingerprint density at radius 1 is 1.15 bits per heavy atom. The molecule has 3 fully saturated rings. The lowest BCUT2D eigenvalue weighted by atomic mass is 9.47. The average molecular weight is 356 g/mol. The molecule has 1 heteroatoms. The van der Waals surface area contributed by atoms with E-state index in [-0.39, 0.29) is 0 Å². The van der Waals surface area contributed by atoms with Crippen LogP contribution in [0.1, 0.15) is 86.0 Å². The minimum Gasteiger partial charge on any atom is -0.294 e. The van der Waals surface area contributed by atoms with E-state index in [2.05, 4.69) is 47.3 Å². The molecule has 0 amide bonds. The Kier molecular flexibility index (Phi) is 5.85. The smallest absolute Gasteiger partial charge is 0.0360 e. The summed E-state index contributed by atoms with van der Waals surface area (Å²) >= 11 is 0. The monoisotopic (exact) mass is 355 g/mol. The first-order valence-electron chi connectivity index (χ1n) is 11.2. The van der Waals surface area contributed by atoms with Crippen molar-refractivity contribution in [3.63, 3.8) is 0 Å². The zero-order valence-corrected chi connectivity index (χ0v) is 18.0. The predicted octanol–water partition coefficient (Wildman–Crippen LogP) is 7.24. The van der Waals surface area contributed by atoms with Crippen LogP contribution in [-0.4, -0.2) is 12.3 Å². The highest BCUT2D eigenvalue weighted by molar-refractivity contribution is 5.85. The van der Waals surface area contributed by atoms with E-state index >= 15 is 0 Å². The topological polar surface area (TPSA) is 12.4 Å². The normalized spacial score (nSPS) is 44.7. The van der Waals surface area contributed by atoms with Crippen LogP contribution in [0.2, 0.25) is 0 Å². The van der Waals surface area contributed by atoms with Crippen LogP contribution in [-0.2, 0) is 0 Å². The second-order valence-corrected chi connectivity index (χ2v) is 9.80. The second-order valence-electron chi connectivity index (χ2n) is 9.80. The standard InChI is InChI=1S/C25H41N/c1-7-10-19-11-12-20-22-14-13-21(18(4)26-9-3)25(22,6)17-15-23(20)24(19,5)16-8-2/h7,10,20-23H,1,8-9,11-17H2,2-6H3/b19-10-,26-18+. The van der Waals surface area contributed by atoms with Crippen LogP contribution in [0.4, 0.5) is 0 Å². The van der Waals surface area contributed by atoms with Crippen molar-refractivity contribution in [2.75, 3.05) is 6.54 Å². The maximum atomic E-state index is 4.84. The van der Waals surface area contributed by atoms with E-state index in [0.717, 1.165) is 30.2 Å². The average Bonchev–Trinajstić information content (AvgIpc) is 2.95. The number of fused-ring (bicyclic) bond motifs is 3. The van der Waals surface area contributed by atoms with Crippen molar-refractivity contribution < 1.29 is 0 Å². The van der Waals surface area contributed by atoms with Gasteiger partial charge in [0, 0.05) is 18.2 Å². The summed E-state index contributed by atoms with van der Waals surface area (Å²) in [7, 11) is 0. The third kappa shape index (κ3) is 3.04. The first kappa shape index (κ1) is 19.9. The van der Waals surface area contributed by atoms with E-state index in [1.54, 1.807) is 5.57 Å². The number of hydrogen-bond acceptors (Lipinski definition) is 1. The van der Waals surface area contributed by atoms with Gasteiger partial charge in [0.2, 0.25) is 0 Å². The third-order valence-corrected chi connectivity index (χ3v) is 8.74. The zero-order valence-electron chi connectivity index (χ0n) is 18.0. The largest absolute Gasteiger partial charge is 0.294 e. The molecule has 0 aromatic rings. The Bertz CT molecular complexity index is 585. The van der Waals surface area contributed by atoms with E-state index in [9.17, 15) is 0 Å². The molecule has 0 heterocycles. The van der Waals surface area contributed by atoms with Gasteiger partial charge >= 0.3 is 0 Å². The molecule has 146 valence electrons. The summed E-state index contributed by atoms with van der Waals surface area (Å²) in [6.45, 7) is 17.0. The molecule has 6 unspecified atom stereocenters. The molecule has 0 radical (unpaired) electrons. The molecule has 0 aliphatic heterocycles. The van der Waals surface area contributed by atoms with Crippen molar-refractivity contribution in [2.45, 2.75) is 86.0 Å². The molecule has 0 aromatic carbocycles. The Morgan fingerprint density at radius 2 is 1.92 bits per heavy atom. The number of hydrogen-bond donors (Lipinski definition) is 0. The van der Waals surface area contributed by atoms with Gasteiger partial charge in [0.15, 0.2) is 0 Å². The maximum absolute atomic E-state index is 4.84. The highest BCUT2D eigenvalue weighted by Gasteiger charge is 2.58. The van der Waals surface area contributed by atoms with Crippen molar-refractivity contribution in [3.05, 3.63) is 24.3 Å². The first-order chi connectivity index (χ1) is 12.4. The summed E-state index contributed by atoms with van der Waals surface area (Å²) < 4.78 is 0. The summed E-state index contributed by atoms with van der Waals surface area (Å²) in [4.78, 5) is 4.84. The van der Waals surface area contributed by atoms with Crippen LogP contribution in [0.15, 0.2) is 29.3 Å². The zero-order chi connectivity index (χ0) is 18.9. The highest BCUT2D eigenvalue weighted by Crippen LogP contribution is 2.66. The lowest BCUT2D eigenvalue weighted by Gasteiger charge is -2.57. The minimum atomic E-state index is 0.401. The van der Waals surface area contributed by atoms with Crippen molar-refractivity contribution >= 4 is 5.71 Å². The molecule has 26 heavy (non-hydrogen) atoms. The van der Waals surface area contributed by atoms with Crippen LogP contribution >= 0.6 is 0 Å². The predicted molar refractivity (Wildman–Crippen MR) is 115 cm³/mol. The number of rotatable bonds is 5. The molecule has 3 rings (SSSR count). The van der Waals surface area contributed by atoms with E-state index in [0.29, 0.717) is 10.8 Å². The molecule has 0 saturated heterocycles. The number of nitrogens with zero attached hydrogens (tertiary/aromatic N) is 1. The molecule has 1 nitrogen and oxygen atoms in total. The summed E-state index contributed by atoms with van der Waals surface area (Å²) in [5, 5.41) is 0. The van der Waals surface area contributed by atoms with Gasteiger partial charge in [-0.3, -0.25) is 4.99 Å². The second kappa shape index (κ2) is 7.64. The van der Waals surface area contributed by atoms with E-state index < -0.39 is 0 Å². The number of aliphatic imine (C=N–C) groups is 1. The van der Waals surface area contributed by atoms with Gasteiger partial charge in [-0.2, -0.15) is 0 Å². The van der Waals surface area contributed by atoms with Crippen molar-refractivity contribution in [3.8, 4) is 0 Å². The lowest BCUT2D eigenvalue weighted by Crippen LogP contribution is -2.50. The molecule has 0 aromatic heterocycles. The Balaban J connectivity index is 1.91. The third-order valence-electron chi connectivity index (χ3n) is 8.74. The fraction of sp³-hybridized carbons (Fsp3) is 0.800. The summed E-state index contributed by atoms with van der Waals surface area (Å²) in [6.07, 6.45) is 15.4. The first-order valence-corrected chi connectivity index (χ1v) is 11.2. The summed E-state index contributed by atoms with van der Waals surface area (Å²) in [5.41, 5.74) is 4.03. The van der Waals surface area contributed by atoms with Crippen LogP contribution in [0, 0.1) is 34.5 Å². The Labute approximate surface area is 162 Å². The van der Waals surface area contributed by atoms with Gasteiger partial charge in [-0.1, -0.05) is 51.5 Å². The van der Waals surface area contributed by atoms with Gasteiger partial charge < -0.3 is 0 Å². The van der Waals surface area contributed by atoms with Crippen molar-refractivity contribution in [1.29, 1.82) is 0 Å². The molecule has 0 N–H and O–H groups in total. The van der Waals surface area contributed by atoms with Gasteiger partial charge in [0.05, 0.1) is 0 Å². The van der Waals surface area contributed by atoms with Crippen LogP contribution < -0.4 is 0 Å². The quantitative estimate of drug-likeness (QED) is 0.461. The number of allylic oxidation sites excluding steroid dienone is 3. The molecular weight excluding hydrogens is 314 g/mol. The fourth-order valence-electron chi connectivity index (χ4n) is 7.65. The van der Waals surface area contributed by atoms with Crippen molar-refractivity contribution in [1.82, 2.24) is 0 Å². The van der Waals surface area contributed by atoms with E-state index in [1.807, 2.05) is 6.08 Å². The van der Waals surface area contributed by atoms with Crippen LogP contribution in [0.5, 0.6) is 0 Å². The van der Waals surface area contributed by atoms with Crippen LogP contribution in [0.25, 0.3) is 0 Å². The Hall–Kier alpha value is -0.850. The van der Waals surface area contributed by atoms with E-state index in [4.69, 9.17) is 4.99 Å². The molecule has 6 atom stereocenters. The molecule has 3 aliphatic carbocycles. The molecule has 0 bridgehead atoms.